The van der Waals surface area contributed by atoms with Gasteiger partial charge in [0.1, 0.15) is 32.7 Å². The molecule has 0 unspecified atom stereocenters. The van der Waals surface area contributed by atoms with Crippen molar-refractivity contribution in [3.05, 3.63) is 69.7 Å². The smallest absolute Gasteiger partial charge is 0.275 e. The van der Waals surface area contributed by atoms with E-state index in [0.717, 1.165) is 43.3 Å². The van der Waals surface area contributed by atoms with E-state index in [9.17, 15) is 4.79 Å². The van der Waals surface area contributed by atoms with E-state index in [0.29, 0.717) is 11.6 Å². The van der Waals surface area contributed by atoms with Crippen LogP contribution in [-0.4, -0.2) is 38.6 Å². The first-order valence-corrected chi connectivity index (χ1v) is 10.2. The number of quaternary nitrogens is 2. The number of halogens is 2. The number of rotatable bonds is 6. The van der Waals surface area contributed by atoms with Crippen molar-refractivity contribution >= 4 is 29.1 Å². The van der Waals surface area contributed by atoms with Gasteiger partial charge in [-0.05, 0) is 30.7 Å². The fourth-order valence-electron chi connectivity index (χ4n) is 3.63. The van der Waals surface area contributed by atoms with Crippen LogP contribution in [0.5, 0.6) is 0 Å². The first kappa shape index (κ1) is 20.2. The quantitative estimate of drug-likeness (QED) is 0.660. The van der Waals surface area contributed by atoms with Gasteiger partial charge < -0.3 is 15.1 Å². The Morgan fingerprint density at radius 2 is 1.63 bits per heavy atom. The Morgan fingerprint density at radius 3 is 2.30 bits per heavy atom. The van der Waals surface area contributed by atoms with E-state index in [1.165, 1.54) is 10.5 Å². The Morgan fingerprint density at radius 1 is 1.00 bits per heavy atom. The lowest BCUT2D eigenvalue weighted by Crippen LogP contribution is -3.28. The van der Waals surface area contributed by atoms with Crippen molar-refractivity contribution < 1.29 is 14.6 Å². The molecule has 0 bridgehead atoms. The monoisotopic (exact) mass is 407 g/mol. The van der Waals surface area contributed by atoms with Gasteiger partial charge in [0.2, 0.25) is 0 Å². The maximum atomic E-state index is 12.4. The summed E-state index contributed by atoms with van der Waals surface area (Å²) >= 11 is 12.2. The van der Waals surface area contributed by atoms with Crippen molar-refractivity contribution in [3.8, 4) is 0 Å². The second-order valence-corrected chi connectivity index (χ2v) is 8.13. The molecule has 0 saturated carbocycles. The zero-order valence-electron chi connectivity index (χ0n) is 15.6. The summed E-state index contributed by atoms with van der Waals surface area (Å²) in [6.45, 7) is 7.68. The van der Waals surface area contributed by atoms with E-state index in [1.54, 1.807) is 4.90 Å². The number of piperazine rings is 1. The van der Waals surface area contributed by atoms with Gasteiger partial charge in [-0.3, -0.25) is 4.79 Å². The summed E-state index contributed by atoms with van der Waals surface area (Å²) in [6, 6.07) is 15.7. The molecule has 27 heavy (non-hydrogen) atoms. The molecule has 6 heteroatoms. The molecule has 1 heterocycles. The molecule has 1 amide bonds. The molecule has 4 nitrogen and oxygen atoms in total. The molecule has 1 atom stereocenters. The van der Waals surface area contributed by atoms with Crippen LogP contribution >= 0.6 is 23.2 Å². The fourth-order valence-corrected chi connectivity index (χ4v) is 4.05. The third kappa shape index (κ3) is 5.94. The summed E-state index contributed by atoms with van der Waals surface area (Å²) < 4.78 is 0. The zero-order valence-corrected chi connectivity index (χ0v) is 17.1. The Balaban J connectivity index is 1.42. The summed E-state index contributed by atoms with van der Waals surface area (Å²) in [6.07, 6.45) is 0. The molecule has 0 spiro atoms. The third-order valence-electron chi connectivity index (χ3n) is 5.19. The molecule has 0 aromatic heterocycles. The summed E-state index contributed by atoms with van der Waals surface area (Å²) in [7, 11) is 0. The molecule has 2 aromatic rings. The average Bonchev–Trinajstić information content (AvgIpc) is 2.65. The second kappa shape index (κ2) is 9.56. The first-order valence-electron chi connectivity index (χ1n) is 9.46. The molecular weight excluding hydrogens is 381 g/mol. The van der Waals surface area contributed by atoms with Gasteiger partial charge in [0.15, 0.2) is 6.54 Å². The Kier molecular flexibility index (Phi) is 7.13. The van der Waals surface area contributed by atoms with Crippen LogP contribution in [0.15, 0.2) is 48.5 Å². The van der Waals surface area contributed by atoms with Gasteiger partial charge in [-0.15, -0.1) is 0 Å². The van der Waals surface area contributed by atoms with E-state index in [2.05, 4.69) is 17.4 Å². The van der Waals surface area contributed by atoms with Crippen LogP contribution in [-0.2, 0) is 11.3 Å². The lowest BCUT2D eigenvalue weighted by molar-refractivity contribution is -1.02. The van der Waals surface area contributed by atoms with Crippen LogP contribution in [0.25, 0.3) is 0 Å². The van der Waals surface area contributed by atoms with Crippen LogP contribution in [0, 0.1) is 0 Å². The maximum absolute atomic E-state index is 12.4. The largest absolute Gasteiger partial charge is 0.345 e. The molecule has 0 radical (unpaired) electrons. The number of carbonyl (C=O) groups excluding carboxylic acids is 1. The van der Waals surface area contributed by atoms with E-state index in [-0.39, 0.29) is 11.9 Å². The minimum absolute atomic E-state index is 0.0811. The van der Waals surface area contributed by atoms with Crippen LogP contribution in [0.1, 0.15) is 24.1 Å². The molecule has 2 aromatic carbocycles. The number of amides is 1. The normalized spacial score (nSPS) is 20.9. The van der Waals surface area contributed by atoms with Gasteiger partial charge >= 0.3 is 0 Å². The minimum Gasteiger partial charge on any atom is -0.345 e. The molecule has 0 aliphatic carbocycles. The highest BCUT2D eigenvalue weighted by Crippen LogP contribution is 2.21. The summed E-state index contributed by atoms with van der Waals surface area (Å²) in [4.78, 5) is 15.3. The molecule has 144 valence electrons. The summed E-state index contributed by atoms with van der Waals surface area (Å²) in [5.74, 6) is 0.0820. The van der Waals surface area contributed by atoms with Crippen LogP contribution < -0.4 is 15.1 Å². The van der Waals surface area contributed by atoms with Gasteiger partial charge in [0.25, 0.3) is 5.91 Å². The highest BCUT2D eigenvalue weighted by molar-refractivity contribution is 6.31. The zero-order chi connectivity index (χ0) is 19.2. The maximum Gasteiger partial charge on any atom is 0.275 e. The highest BCUT2D eigenvalue weighted by atomic mass is 35.5. The minimum atomic E-state index is -0.0811. The van der Waals surface area contributed by atoms with Crippen LogP contribution in [0.4, 0.5) is 0 Å². The SMILES string of the molecule is C[C@@H](NC(=O)C[NH+]1CC[NH+](Cc2ccc(Cl)cc2)CC1)c1ccccc1Cl. The number of nitrogens with one attached hydrogen (secondary N) is 3. The van der Waals surface area contributed by atoms with E-state index in [1.807, 2.05) is 43.3 Å². The Hall–Kier alpha value is -1.59. The average molecular weight is 408 g/mol. The van der Waals surface area contributed by atoms with Gasteiger partial charge in [-0.1, -0.05) is 53.5 Å². The van der Waals surface area contributed by atoms with Crippen molar-refractivity contribution in [3.63, 3.8) is 0 Å². The van der Waals surface area contributed by atoms with Gasteiger partial charge in [0.05, 0.1) is 6.04 Å². The summed E-state index contributed by atoms with van der Waals surface area (Å²) in [5.41, 5.74) is 2.27. The Bertz CT molecular complexity index is 758. The molecule has 1 aliphatic heterocycles. The van der Waals surface area contributed by atoms with Crippen molar-refractivity contribution in [2.24, 2.45) is 0 Å². The van der Waals surface area contributed by atoms with Gasteiger partial charge in [-0.2, -0.15) is 0 Å². The molecule has 1 aliphatic rings. The van der Waals surface area contributed by atoms with Crippen LogP contribution in [0.2, 0.25) is 10.0 Å². The lowest BCUT2D eigenvalue weighted by atomic mass is 10.1. The molecular formula is C21H27Cl2N3O+2. The molecule has 3 rings (SSSR count). The third-order valence-corrected chi connectivity index (χ3v) is 5.79. The predicted octanol–water partition coefficient (Wildman–Crippen LogP) is 1.15. The number of hydrogen-bond acceptors (Lipinski definition) is 1. The van der Waals surface area contributed by atoms with Gasteiger partial charge in [-0.25, -0.2) is 0 Å². The molecule has 1 saturated heterocycles. The first-order chi connectivity index (χ1) is 13.0. The number of benzene rings is 2. The van der Waals surface area contributed by atoms with Gasteiger partial charge in [0, 0.05) is 15.6 Å². The summed E-state index contributed by atoms with van der Waals surface area (Å²) in [5, 5.41) is 4.55. The van der Waals surface area contributed by atoms with E-state index in [4.69, 9.17) is 23.2 Å². The lowest BCUT2D eigenvalue weighted by Gasteiger charge is -2.29. The van der Waals surface area contributed by atoms with Crippen molar-refractivity contribution in [2.75, 3.05) is 32.7 Å². The van der Waals surface area contributed by atoms with Crippen LogP contribution in [0.3, 0.4) is 0 Å². The molecule has 3 N–H and O–H groups in total. The van der Waals surface area contributed by atoms with Crippen molar-refractivity contribution in [1.29, 1.82) is 0 Å². The number of carbonyl (C=O) groups is 1. The standard InChI is InChI=1S/C21H25Cl2N3O/c1-16(19-4-2-3-5-20(19)23)24-21(27)15-26-12-10-25(11-13-26)14-17-6-8-18(22)9-7-17/h2-9,16H,10-15H2,1H3,(H,24,27)/p+2/t16-/m1/s1. The predicted molar refractivity (Wildman–Crippen MR) is 109 cm³/mol. The number of hydrogen-bond donors (Lipinski definition) is 3. The second-order valence-electron chi connectivity index (χ2n) is 7.29. The fraction of sp³-hybridized carbons (Fsp3) is 0.381. The Labute approximate surface area is 171 Å². The van der Waals surface area contributed by atoms with Crippen molar-refractivity contribution in [2.45, 2.75) is 19.5 Å². The van der Waals surface area contributed by atoms with E-state index < -0.39 is 0 Å². The van der Waals surface area contributed by atoms with Crippen molar-refractivity contribution in [1.82, 2.24) is 5.32 Å². The van der Waals surface area contributed by atoms with E-state index >= 15 is 0 Å². The molecule has 1 fully saturated rings. The topological polar surface area (TPSA) is 38.0 Å². The highest BCUT2D eigenvalue weighted by Gasteiger charge is 2.25.